The number of carboxylic acid groups (broad SMARTS) is 1. The topological polar surface area (TPSA) is 63.6 Å². The molecule has 1 unspecified atom stereocenters. The van der Waals surface area contributed by atoms with Gasteiger partial charge in [-0.3, -0.25) is 9.59 Å². The monoisotopic (exact) mass is 613 g/mol. The smallest absolute Gasteiger partial charge is 0.306 e. The molecular formula is C40H68O4. The molecule has 0 aliphatic heterocycles. The molecule has 0 spiro atoms. The number of hydrogen-bond donors (Lipinski definition) is 1. The lowest BCUT2D eigenvalue weighted by atomic mass is 10.0. The fourth-order valence-electron chi connectivity index (χ4n) is 5.09. The first-order chi connectivity index (χ1) is 21.6. The number of carbonyl (C=O) groups excluding carboxylic acids is 1. The van der Waals surface area contributed by atoms with Gasteiger partial charge in [0.1, 0.15) is 6.10 Å². The second kappa shape index (κ2) is 35.1. The van der Waals surface area contributed by atoms with E-state index < -0.39 is 5.97 Å². The van der Waals surface area contributed by atoms with Crippen LogP contribution in [0, 0.1) is 0 Å². The van der Waals surface area contributed by atoms with Gasteiger partial charge in [0.25, 0.3) is 0 Å². The molecule has 252 valence electrons. The Labute approximate surface area is 272 Å². The van der Waals surface area contributed by atoms with E-state index in [1.165, 1.54) is 44.9 Å². The van der Waals surface area contributed by atoms with E-state index in [9.17, 15) is 9.59 Å². The van der Waals surface area contributed by atoms with E-state index in [0.29, 0.717) is 6.42 Å². The van der Waals surface area contributed by atoms with E-state index in [4.69, 9.17) is 9.84 Å². The van der Waals surface area contributed by atoms with Crippen LogP contribution in [0.3, 0.4) is 0 Å². The Kier molecular flexibility index (Phi) is 33.2. The van der Waals surface area contributed by atoms with Gasteiger partial charge in [0.2, 0.25) is 0 Å². The standard InChI is InChI=1S/C40H68O4/c1-3-5-7-9-10-11-12-13-14-15-16-17-18-19-20-21-22-23-24-29-33-37-40(43)44-38(34-30-26-8-6-4-2)35-31-27-25-28-32-36-39(41)42/h5,7,10-11,13-14,16-17,19-20,38H,3-4,6,8-9,12,15,18,21-37H2,1-2H3,(H,41,42)/b7-5-,11-10-,14-13-,17-16-,20-19-. The molecule has 0 aromatic heterocycles. The van der Waals surface area contributed by atoms with Gasteiger partial charge in [-0.1, -0.05) is 139 Å². The van der Waals surface area contributed by atoms with Crippen LogP contribution in [0.25, 0.3) is 0 Å². The predicted molar refractivity (Wildman–Crippen MR) is 190 cm³/mol. The number of esters is 1. The number of ether oxygens (including phenoxy) is 1. The Morgan fingerprint density at radius 3 is 1.48 bits per heavy atom. The summed E-state index contributed by atoms with van der Waals surface area (Å²) in [4.78, 5) is 23.2. The lowest BCUT2D eigenvalue weighted by molar-refractivity contribution is -0.150. The van der Waals surface area contributed by atoms with Gasteiger partial charge < -0.3 is 9.84 Å². The van der Waals surface area contributed by atoms with Crippen molar-refractivity contribution in [2.24, 2.45) is 0 Å². The van der Waals surface area contributed by atoms with Crippen molar-refractivity contribution in [3.8, 4) is 0 Å². The normalized spacial score (nSPS) is 13.0. The second-order valence-electron chi connectivity index (χ2n) is 12.0. The van der Waals surface area contributed by atoms with E-state index in [2.05, 4.69) is 74.6 Å². The van der Waals surface area contributed by atoms with Gasteiger partial charge in [0, 0.05) is 12.8 Å². The molecule has 0 heterocycles. The third kappa shape index (κ3) is 34.1. The largest absolute Gasteiger partial charge is 0.481 e. The van der Waals surface area contributed by atoms with Crippen LogP contribution in [0.5, 0.6) is 0 Å². The van der Waals surface area contributed by atoms with Crippen LogP contribution in [0.4, 0.5) is 0 Å². The third-order valence-corrected chi connectivity index (χ3v) is 7.75. The number of unbranched alkanes of at least 4 members (excludes halogenated alkanes) is 13. The van der Waals surface area contributed by atoms with Gasteiger partial charge in [0.15, 0.2) is 0 Å². The van der Waals surface area contributed by atoms with Gasteiger partial charge in [-0.05, 0) is 83.5 Å². The Bertz CT molecular complexity index is 789. The highest BCUT2D eigenvalue weighted by Crippen LogP contribution is 2.18. The molecule has 4 nitrogen and oxygen atoms in total. The van der Waals surface area contributed by atoms with Crippen LogP contribution in [-0.2, 0) is 14.3 Å². The molecule has 44 heavy (non-hydrogen) atoms. The van der Waals surface area contributed by atoms with Crippen LogP contribution in [-0.4, -0.2) is 23.1 Å². The summed E-state index contributed by atoms with van der Waals surface area (Å²) >= 11 is 0. The number of aliphatic carboxylic acids is 1. The fraction of sp³-hybridized carbons (Fsp3) is 0.700. The average molecular weight is 613 g/mol. The molecule has 0 aliphatic carbocycles. The van der Waals surface area contributed by atoms with Crippen molar-refractivity contribution in [3.05, 3.63) is 60.8 Å². The highest BCUT2D eigenvalue weighted by atomic mass is 16.5. The van der Waals surface area contributed by atoms with Gasteiger partial charge >= 0.3 is 11.9 Å². The third-order valence-electron chi connectivity index (χ3n) is 7.75. The lowest BCUT2D eigenvalue weighted by Crippen LogP contribution is -2.18. The van der Waals surface area contributed by atoms with Crippen LogP contribution in [0.2, 0.25) is 0 Å². The number of allylic oxidation sites excluding steroid dienone is 10. The molecule has 0 rings (SSSR count). The minimum Gasteiger partial charge on any atom is -0.481 e. The van der Waals surface area contributed by atoms with Crippen molar-refractivity contribution < 1.29 is 19.4 Å². The number of carbonyl (C=O) groups is 2. The summed E-state index contributed by atoms with van der Waals surface area (Å²) in [7, 11) is 0. The van der Waals surface area contributed by atoms with Gasteiger partial charge in [0.05, 0.1) is 0 Å². The van der Waals surface area contributed by atoms with Crippen LogP contribution < -0.4 is 0 Å². The van der Waals surface area contributed by atoms with Gasteiger partial charge in [-0.25, -0.2) is 0 Å². The van der Waals surface area contributed by atoms with Crippen LogP contribution in [0.1, 0.15) is 174 Å². The number of hydrogen-bond acceptors (Lipinski definition) is 3. The first-order valence-corrected chi connectivity index (χ1v) is 18.3. The molecule has 0 aromatic carbocycles. The molecule has 0 aliphatic rings. The van der Waals surface area contributed by atoms with Crippen molar-refractivity contribution in [3.63, 3.8) is 0 Å². The lowest BCUT2D eigenvalue weighted by Gasteiger charge is -2.18. The fourth-order valence-corrected chi connectivity index (χ4v) is 5.09. The van der Waals surface area contributed by atoms with Gasteiger partial charge in [-0.15, -0.1) is 0 Å². The Morgan fingerprint density at radius 1 is 0.523 bits per heavy atom. The average Bonchev–Trinajstić information content (AvgIpc) is 3.00. The highest BCUT2D eigenvalue weighted by molar-refractivity contribution is 5.69. The molecule has 1 atom stereocenters. The quantitative estimate of drug-likeness (QED) is 0.0466. The van der Waals surface area contributed by atoms with E-state index in [-0.39, 0.29) is 18.5 Å². The summed E-state index contributed by atoms with van der Waals surface area (Å²) in [5.41, 5.74) is 0. The summed E-state index contributed by atoms with van der Waals surface area (Å²) in [6.07, 6.45) is 48.2. The van der Waals surface area contributed by atoms with Crippen molar-refractivity contribution in [1.82, 2.24) is 0 Å². The maximum atomic E-state index is 12.5. The number of rotatable bonds is 32. The van der Waals surface area contributed by atoms with Crippen molar-refractivity contribution in [1.29, 1.82) is 0 Å². The molecule has 0 aromatic rings. The van der Waals surface area contributed by atoms with E-state index in [1.807, 2.05) is 0 Å². The predicted octanol–water partition coefficient (Wildman–Crippen LogP) is 12.6. The van der Waals surface area contributed by atoms with E-state index in [1.54, 1.807) is 0 Å². The summed E-state index contributed by atoms with van der Waals surface area (Å²) in [5, 5.41) is 8.76. The van der Waals surface area contributed by atoms with Gasteiger partial charge in [-0.2, -0.15) is 0 Å². The van der Waals surface area contributed by atoms with Crippen molar-refractivity contribution in [2.75, 3.05) is 0 Å². The summed E-state index contributed by atoms with van der Waals surface area (Å²) in [6.45, 7) is 4.39. The molecule has 0 radical (unpaired) electrons. The molecule has 1 N–H and O–H groups in total. The maximum absolute atomic E-state index is 12.5. The first-order valence-electron chi connectivity index (χ1n) is 18.3. The summed E-state index contributed by atoms with van der Waals surface area (Å²) < 4.78 is 5.92. The minimum atomic E-state index is -0.707. The minimum absolute atomic E-state index is 0.0243. The van der Waals surface area contributed by atoms with E-state index in [0.717, 1.165) is 103 Å². The van der Waals surface area contributed by atoms with E-state index >= 15 is 0 Å². The Hall–Kier alpha value is -2.36. The zero-order valence-electron chi connectivity index (χ0n) is 28.7. The highest BCUT2D eigenvalue weighted by Gasteiger charge is 2.14. The zero-order chi connectivity index (χ0) is 32.2. The molecular weight excluding hydrogens is 544 g/mol. The molecule has 0 saturated carbocycles. The molecule has 4 heteroatoms. The zero-order valence-corrected chi connectivity index (χ0v) is 28.7. The van der Waals surface area contributed by atoms with Crippen molar-refractivity contribution in [2.45, 2.75) is 180 Å². The summed E-state index contributed by atoms with van der Waals surface area (Å²) in [6, 6.07) is 0. The molecule has 0 saturated heterocycles. The Balaban J connectivity index is 3.89. The van der Waals surface area contributed by atoms with Crippen molar-refractivity contribution >= 4 is 11.9 Å². The summed E-state index contributed by atoms with van der Waals surface area (Å²) in [5.74, 6) is -0.731. The molecule has 0 amide bonds. The van der Waals surface area contributed by atoms with Crippen LogP contribution >= 0.6 is 0 Å². The Morgan fingerprint density at radius 2 is 0.955 bits per heavy atom. The molecule has 0 bridgehead atoms. The SMILES string of the molecule is CC/C=C\C/C=C\C/C=C\C/C=C\C/C=C\CCCCCCCC(=O)OC(CCCCCCC)CCCCCCCC(=O)O. The second-order valence-corrected chi connectivity index (χ2v) is 12.0. The first kappa shape index (κ1) is 41.6. The van der Waals surface area contributed by atoms with Crippen LogP contribution in [0.15, 0.2) is 60.8 Å². The maximum Gasteiger partial charge on any atom is 0.306 e. The number of carboxylic acids is 1. The molecule has 0 fully saturated rings.